The first kappa shape index (κ1) is 15.4. The van der Waals surface area contributed by atoms with Gasteiger partial charge in [0.1, 0.15) is 4.33 Å². The molecule has 4 rings (SSSR count). The van der Waals surface area contributed by atoms with E-state index in [4.69, 9.17) is 32.7 Å². The fourth-order valence-electron chi connectivity index (χ4n) is 3.38. The molecule has 0 aromatic heterocycles. The maximum absolute atomic E-state index is 12.4. The Hall–Kier alpha value is -1.13. The molecule has 3 aliphatic rings. The highest BCUT2D eigenvalue weighted by atomic mass is 35.5. The molecule has 1 aromatic carbocycles. The minimum absolute atomic E-state index is 0.172. The molecule has 1 atom stereocenters. The summed E-state index contributed by atoms with van der Waals surface area (Å²) in [5.74, 6) is 0.751. The second kappa shape index (κ2) is 4.93. The van der Waals surface area contributed by atoms with Crippen molar-refractivity contribution in [1.29, 1.82) is 0 Å². The van der Waals surface area contributed by atoms with Crippen LogP contribution in [0.4, 0.5) is 5.69 Å². The molecule has 124 valence electrons. The van der Waals surface area contributed by atoms with Crippen molar-refractivity contribution >= 4 is 34.8 Å². The van der Waals surface area contributed by atoms with Crippen LogP contribution in [0.5, 0.6) is 11.5 Å². The molecule has 1 N–H and O–H groups in total. The molecule has 1 unspecified atom stereocenters. The van der Waals surface area contributed by atoms with Crippen LogP contribution in [-0.4, -0.2) is 16.0 Å². The van der Waals surface area contributed by atoms with Crippen LogP contribution < -0.4 is 14.8 Å². The van der Waals surface area contributed by atoms with E-state index in [1.165, 1.54) is 6.42 Å². The third-order valence-corrected chi connectivity index (χ3v) is 6.27. The van der Waals surface area contributed by atoms with Gasteiger partial charge < -0.3 is 14.8 Å². The largest absolute Gasteiger partial charge is 0.448 e. The first-order valence-electron chi connectivity index (χ1n) is 8.05. The second-order valence-corrected chi connectivity index (χ2v) is 8.49. The maximum atomic E-state index is 12.4. The Morgan fingerprint density at radius 3 is 2.43 bits per heavy atom. The van der Waals surface area contributed by atoms with Gasteiger partial charge in [-0.1, -0.05) is 6.42 Å². The monoisotopic (exact) mass is 355 g/mol. The first-order valence-corrected chi connectivity index (χ1v) is 8.81. The maximum Gasteiger partial charge on any atom is 0.251 e. The van der Waals surface area contributed by atoms with E-state index in [1.807, 2.05) is 18.2 Å². The Balaban J connectivity index is 1.49. The lowest BCUT2D eigenvalue weighted by atomic mass is 9.94. The molecule has 1 aliphatic heterocycles. The summed E-state index contributed by atoms with van der Waals surface area (Å²) in [5.41, 5.74) is -0.0701. The number of rotatable bonds is 2. The highest BCUT2D eigenvalue weighted by molar-refractivity contribution is 6.53. The molecule has 2 fully saturated rings. The van der Waals surface area contributed by atoms with E-state index in [-0.39, 0.29) is 5.91 Å². The molecule has 0 saturated heterocycles. The topological polar surface area (TPSA) is 47.6 Å². The molecule has 1 spiro atoms. The Bertz CT molecular complexity index is 670. The minimum atomic E-state index is -0.973. The summed E-state index contributed by atoms with van der Waals surface area (Å²) in [6.45, 7) is 1.77. The van der Waals surface area contributed by atoms with E-state index >= 15 is 0 Å². The molecule has 0 radical (unpaired) electrons. The van der Waals surface area contributed by atoms with E-state index in [9.17, 15) is 4.79 Å². The molecular weight excluding hydrogens is 337 g/mol. The van der Waals surface area contributed by atoms with Gasteiger partial charge in [-0.3, -0.25) is 4.79 Å². The second-order valence-electron chi connectivity index (χ2n) is 7.00. The Labute approximate surface area is 145 Å². The zero-order chi connectivity index (χ0) is 16.3. The average molecular weight is 356 g/mol. The SMILES string of the molecule is CC1(C(=O)Nc2ccc3c(c2)OC2(CCCCC2)O3)CC1(Cl)Cl. The van der Waals surface area contributed by atoms with Gasteiger partial charge in [-0.25, -0.2) is 0 Å². The van der Waals surface area contributed by atoms with Gasteiger partial charge >= 0.3 is 0 Å². The first-order chi connectivity index (χ1) is 10.8. The van der Waals surface area contributed by atoms with Crippen molar-refractivity contribution in [2.24, 2.45) is 5.41 Å². The highest BCUT2D eigenvalue weighted by Gasteiger charge is 2.67. The molecule has 0 bridgehead atoms. The van der Waals surface area contributed by atoms with Crippen LogP contribution in [0.2, 0.25) is 0 Å². The van der Waals surface area contributed by atoms with Crippen molar-refractivity contribution in [2.45, 2.75) is 55.6 Å². The number of carbonyl (C=O) groups excluding carboxylic acids is 1. The van der Waals surface area contributed by atoms with Crippen molar-refractivity contribution in [3.8, 4) is 11.5 Å². The smallest absolute Gasteiger partial charge is 0.251 e. The number of anilines is 1. The van der Waals surface area contributed by atoms with Gasteiger partial charge in [-0.2, -0.15) is 0 Å². The lowest BCUT2D eigenvalue weighted by Crippen LogP contribution is -2.40. The highest BCUT2D eigenvalue weighted by Crippen LogP contribution is 2.64. The van der Waals surface area contributed by atoms with Gasteiger partial charge in [0.15, 0.2) is 11.5 Å². The van der Waals surface area contributed by atoms with Gasteiger partial charge in [-0.05, 0) is 38.3 Å². The van der Waals surface area contributed by atoms with Crippen molar-refractivity contribution in [3.05, 3.63) is 18.2 Å². The van der Waals surface area contributed by atoms with E-state index in [2.05, 4.69) is 5.32 Å². The molecule has 4 nitrogen and oxygen atoms in total. The predicted molar refractivity (Wildman–Crippen MR) is 89.3 cm³/mol. The van der Waals surface area contributed by atoms with Crippen LogP contribution in [-0.2, 0) is 4.79 Å². The van der Waals surface area contributed by atoms with Gasteiger partial charge in [0.2, 0.25) is 5.91 Å². The summed E-state index contributed by atoms with van der Waals surface area (Å²) in [6.07, 6.45) is 5.73. The van der Waals surface area contributed by atoms with Gasteiger partial charge in [0.25, 0.3) is 5.79 Å². The Morgan fingerprint density at radius 2 is 1.78 bits per heavy atom. The molecular formula is C17H19Cl2NO3. The lowest BCUT2D eigenvalue weighted by Gasteiger charge is -2.31. The number of hydrogen-bond donors (Lipinski definition) is 1. The number of amides is 1. The molecule has 23 heavy (non-hydrogen) atoms. The summed E-state index contributed by atoms with van der Waals surface area (Å²) in [4.78, 5) is 12.4. The van der Waals surface area contributed by atoms with Gasteiger partial charge in [-0.15, -0.1) is 23.2 Å². The number of nitrogens with one attached hydrogen (secondary N) is 1. The standard InChI is InChI=1S/C17H19Cl2NO3/c1-15(10-17(15,18)19)14(21)20-11-5-6-12-13(9-11)23-16(22-12)7-3-2-4-8-16/h5-6,9H,2-4,7-8,10H2,1H3,(H,20,21). The molecule has 1 aromatic rings. The van der Waals surface area contributed by atoms with Crippen LogP contribution in [0.1, 0.15) is 45.4 Å². The average Bonchev–Trinajstić information content (AvgIpc) is 2.86. The summed E-state index contributed by atoms with van der Waals surface area (Å²) in [6, 6.07) is 5.47. The lowest BCUT2D eigenvalue weighted by molar-refractivity contribution is -0.120. The van der Waals surface area contributed by atoms with Crippen LogP contribution in [0.15, 0.2) is 18.2 Å². The zero-order valence-electron chi connectivity index (χ0n) is 13.0. The number of fused-ring (bicyclic) bond motifs is 1. The normalized spacial score (nSPS) is 29.3. The summed E-state index contributed by atoms with van der Waals surface area (Å²) in [7, 11) is 0. The molecule has 1 amide bonds. The number of benzene rings is 1. The number of carbonyl (C=O) groups is 1. The minimum Gasteiger partial charge on any atom is -0.448 e. The van der Waals surface area contributed by atoms with E-state index in [1.54, 1.807) is 6.92 Å². The fraction of sp³-hybridized carbons (Fsp3) is 0.588. The number of halogens is 2. The molecule has 6 heteroatoms. The Morgan fingerprint density at radius 1 is 1.13 bits per heavy atom. The van der Waals surface area contributed by atoms with Gasteiger partial charge in [0, 0.05) is 24.6 Å². The third kappa shape index (κ3) is 2.47. The molecule has 1 heterocycles. The van der Waals surface area contributed by atoms with Crippen molar-refractivity contribution in [2.75, 3.05) is 5.32 Å². The number of alkyl halides is 2. The fourth-order valence-corrected chi connectivity index (χ4v) is 4.09. The van der Waals surface area contributed by atoms with E-state index in [0.29, 0.717) is 17.9 Å². The number of ether oxygens (including phenoxy) is 2. The quantitative estimate of drug-likeness (QED) is 0.786. The van der Waals surface area contributed by atoms with Crippen LogP contribution in [0.25, 0.3) is 0 Å². The predicted octanol–water partition coefficient (Wildman–Crippen LogP) is 4.64. The number of hydrogen-bond acceptors (Lipinski definition) is 3. The van der Waals surface area contributed by atoms with Crippen molar-refractivity contribution in [3.63, 3.8) is 0 Å². The molecule has 2 aliphatic carbocycles. The van der Waals surface area contributed by atoms with Gasteiger partial charge in [0.05, 0.1) is 5.41 Å². The van der Waals surface area contributed by atoms with Crippen LogP contribution in [0, 0.1) is 5.41 Å². The van der Waals surface area contributed by atoms with E-state index < -0.39 is 15.5 Å². The van der Waals surface area contributed by atoms with Crippen LogP contribution in [0.3, 0.4) is 0 Å². The summed E-state index contributed by atoms with van der Waals surface area (Å²) < 4.78 is 11.1. The Kier molecular flexibility index (Phi) is 3.30. The third-order valence-electron chi connectivity index (χ3n) is 5.17. The van der Waals surface area contributed by atoms with Crippen molar-refractivity contribution in [1.82, 2.24) is 0 Å². The summed E-state index contributed by atoms with van der Waals surface area (Å²) >= 11 is 12.1. The van der Waals surface area contributed by atoms with Crippen LogP contribution >= 0.6 is 23.2 Å². The van der Waals surface area contributed by atoms with Crippen molar-refractivity contribution < 1.29 is 14.3 Å². The molecule has 2 saturated carbocycles. The zero-order valence-corrected chi connectivity index (χ0v) is 14.5. The van der Waals surface area contributed by atoms with E-state index in [0.717, 1.165) is 31.4 Å². The summed E-state index contributed by atoms with van der Waals surface area (Å²) in [5, 5.41) is 2.88.